The van der Waals surface area contributed by atoms with Gasteiger partial charge < -0.3 is 25.8 Å². The van der Waals surface area contributed by atoms with Crippen molar-refractivity contribution in [1.82, 2.24) is 0 Å². The zero-order valence-electron chi connectivity index (χ0n) is 5.84. The maximum Gasteiger partial charge on any atom is 0.148 e. The van der Waals surface area contributed by atoms with Crippen molar-refractivity contribution < 1.29 is 20.1 Å². The second-order valence-corrected chi connectivity index (χ2v) is 3.16. The van der Waals surface area contributed by atoms with E-state index < -0.39 is 23.9 Å². The van der Waals surface area contributed by atoms with Crippen molar-refractivity contribution in [2.45, 2.75) is 30.0 Å². The minimum Gasteiger partial charge on any atom is -0.393 e. The fourth-order valence-electron chi connectivity index (χ4n) is 1.74. The Morgan fingerprint density at radius 2 is 2.09 bits per heavy atom. The lowest BCUT2D eigenvalue weighted by molar-refractivity contribution is -0.0511. The fourth-order valence-corrected chi connectivity index (χ4v) is 1.74. The molecule has 2 aliphatic rings. The average Bonchev–Trinajstić information content (AvgIpc) is 2.71. The van der Waals surface area contributed by atoms with Gasteiger partial charge in [0.05, 0.1) is 12.6 Å². The first-order valence-electron chi connectivity index (χ1n) is 3.54. The van der Waals surface area contributed by atoms with Crippen LogP contribution in [0.5, 0.6) is 0 Å². The summed E-state index contributed by atoms with van der Waals surface area (Å²) in [5, 5.41) is 27.3. The van der Waals surface area contributed by atoms with E-state index in [4.69, 9.17) is 15.6 Å². The second-order valence-electron chi connectivity index (χ2n) is 3.16. The lowest BCUT2D eigenvalue weighted by Crippen LogP contribution is -2.43. The SMILES string of the molecule is N[C@@H]1[C@@H](O)[C@@H](O)[C@]2(CO)O[C@H]12. The van der Waals surface area contributed by atoms with E-state index in [0.29, 0.717) is 0 Å². The van der Waals surface area contributed by atoms with Crippen LogP contribution in [0, 0.1) is 0 Å². The number of epoxide rings is 1. The lowest BCUT2D eigenvalue weighted by atomic mass is 10.1. The maximum absolute atomic E-state index is 9.31. The number of aliphatic hydroxyl groups excluding tert-OH is 3. The third-order valence-corrected chi connectivity index (χ3v) is 2.59. The highest BCUT2D eigenvalue weighted by molar-refractivity contribution is 5.22. The first-order valence-corrected chi connectivity index (χ1v) is 3.54. The quantitative estimate of drug-likeness (QED) is 0.311. The van der Waals surface area contributed by atoms with E-state index in [9.17, 15) is 10.2 Å². The lowest BCUT2D eigenvalue weighted by Gasteiger charge is -2.18. The molecule has 5 N–H and O–H groups in total. The first-order chi connectivity index (χ1) is 5.13. The van der Waals surface area contributed by atoms with Gasteiger partial charge in [0, 0.05) is 0 Å². The number of nitrogens with two attached hydrogens (primary N) is 1. The number of fused-ring (bicyclic) bond motifs is 1. The number of aliphatic hydroxyl groups is 3. The molecule has 0 amide bonds. The van der Waals surface area contributed by atoms with Crippen LogP contribution in [0.4, 0.5) is 0 Å². The Labute approximate surface area is 63.4 Å². The second kappa shape index (κ2) is 1.94. The molecule has 0 radical (unpaired) electrons. The van der Waals surface area contributed by atoms with Crippen molar-refractivity contribution in [2.75, 3.05) is 6.61 Å². The van der Waals surface area contributed by atoms with E-state index >= 15 is 0 Å². The molecule has 2 fully saturated rings. The van der Waals surface area contributed by atoms with Crippen LogP contribution in [0.3, 0.4) is 0 Å². The third kappa shape index (κ3) is 0.671. The Hall–Kier alpha value is -0.200. The first kappa shape index (κ1) is 7.45. The van der Waals surface area contributed by atoms with Crippen molar-refractivity contribution in [3.8, 4) is 0 Å². The molecule has 5 heteroatoms. The molecule has 0 aromatic heterocycles. The third-order valence-electron chi connectivity index (χ3n) is 2.59. The van der Waals surface area contributed by atoms with E-state index in [1.54, 1.807) is 0 Å². The Morgan fingerprint density at radius 3 is 2.36 bits per heavy atom. The summed E-state index contributed by atoms with van der Waals surface area (Å²) < 4.78 is 5.00. The standard InChI is InChI=1S/C6H11NO4/c7-2-3(9)4(10)6(1-8)5(2)11-6/h2-5,8-10H,1,7H2/t2-,3-,4-,5-,6+/m1/s1. The summed E-state index contributed by atoms with van der Waals surface area (Å²) in [4.78, 5) is 0. The smallest absolute Gasteiger partial charge is 0.148 e. The van der Waals surface area contributed by atoms with Crippen LogP contribution >= 0.6 is 0 Å². The summed E-state index contributed by atoms with van der Waals surface area (Å²) in [5.41, 5.74) is 4.51. The van der Waals surface area contributed by atoms with Crippen molar-refractivity contribution in [1.29, 1.82) is 0 Å². The molecular formula is C6H11NO4. The highest BCUT2D eigenvalue weighted by Crippen LogP contribution is 2.48. The molecule has 2 rings (SSSR count). The molecule has 0 unspecified atom stereocenters. The molecule has 0 aromatic rings. The Morgan fingerprint density at radius 1 is 1.45 bits per heavy atom. The number of hydrogen-bond donors (Lipinski definition) is 4. The molecular weight excluding hydrogens is 150 g/mol. The zero-order chi connectivity index (χ0) is 8.22. The topological polar surface area (TPSA) is 99.2 Å². The van der Waals surface area contributed by atoms with Gasteiger partial charge in [0.1, 0.15) is 23.9 Å². The van der Waals surface area contributed by atoms with E-state index in [1.165, 1.54) is 0 Å². The molecule has 5 atom stereocenters. The number of hydrogen-bond acceptors (Lipinski definition) is 5. The monoisotopic (exact) mass is 161 g/mol. The molecule has 1 saturated heterocycles. The molecule has 0 bridgehead atoms. The van der Waals surface area contributed by atoms with Crippen molar-refractivity contribution in [2.24, 2.45) is 5.73 Å². The zero-order valence-corrected chi connectivity index (χ0v) is 5.84. The van der Waals surface area contributed by atoms with Gasteiger partial charge >= 0.3 is 0 Å². The maximum atomic E-state index is 9.31. The highest BCUT2D eigenvalue weighted by atomic mass is 16.6. The number of rotatable bonds is 1. The summed E-state index contributed by atoms with van der Waals surface area (Å²) in [6.45, 7) is -0.288. The van der Waals surface area contributed by atoms with Crippen LogP contribution in [0.25, 0.3) is 0 Å². The summed E-state index contributed by atoms with van der Waals surface area (Å²) in [6, 6.07) is -0.572. The van der Waals surface area contributed by atoms with Gasteiger partial charge in [-0.2, -0.15) is 0 Å². The van der Waals surface area contributed by atoms with Gasteiger partial charge in [-0.15, -0.1) is 0 Å². The van der Waals surface area contributed by atoms with Gasteiger partial charge in [0.25, 0.3) is 0 Å². The summed E-state index contributed by atoms with van der Waals surface area (Å²) in [6.07, 6.45) is -2.40. The van der Waals surface area contributed by atoms with Crippen molar-refractivity contribution >= 4 is 0 Å². The van der Waals surface area contributed by atoms with Gasteiger partial charge in [-0.05, 0) is 0 Å². The van der Waals surface area contributed by atoms with Crippen LogP contribution in [-0.4, -0.2) is 51.9 Å². The molecule has 11 heavy (non-hydrogen) atoms. The van der Waals surface area contributed by atoms with E-state index in [2.05, 4.69) is 0 Å². The fraction of sp³-hybridized carbons (Fsp3) is 1.00. The Balaban J connectivity index is 2.21. The van der Waals surface area contributed by atoms with E-state index in [1.807, 2.05) is 0 Å². The molecule has 1 aliphatic carbocycles. The molecule has 1 saturated carbocycles. The number of ether oxygens (including phenoxy) is 1. The predicted octanol–water partition coefficient (Wildman–Crippen LogP) is -2.82. The van der Waals surface area contributed by atoms with E-state index in [-0.39, 0.29) is 12.7 Å². The van der Waals surface area contributed by atoms with Crippen LogP contribution in [-0.2, 0) is 4.74 Å². The molecule has 0 aromatic carbocycles. The summed E-state index contributed by atoms with van der Waals surface area (Å²) in [5.74, 6) is 0. The Bertz CT molecular complexity index is 185. The summed E-state index contributed by atoms with van der Waals surface area (Å²) >= 11 is 0. The average molecular weight is 161 g/mol. The summed E-state index contributed by atoms with van der Waals surface area (Å²) in [7, 11) is 0. The van der Waals surface area contributed by atoms with Crippen LogP contribution < -0.4 is 5.73 Å². The van der Waals surface area contributed by atoms with Crippen LogP contribution in [0.15, 0.2) is 0 Å². The van der Waals surface area contributed by atoms with Crippen molar-refractivity contribution in [3.05, 3.63) is 0 Å². The van der Waals surface area contributed by atoms with Gasteiger partial charge in [0.15, 0.2) is 0 Å². The highest BCUT2D eigenvalue weighted by Gasteiger charge is 2.72. The largest absolute Gasteiger partial charge is 0.393 e. The van der Waals surface area contributed by atoms with E-state index in [0.717, 1.165) is 0 Å². The van der Waals surface area contributed by atoms with Gasteiger partial charge in [-0.25, -0.2) is 0 Å². The van der Waals surface area contributed by atoms with Gasteiger partial charge in [-0.1, -0.05) is 0 Å². The minimum absolute atomic E-state index is 0.288. The van der Waals surface area contributed by atoms with Crippen molar-refractivity contribution in [3.63, 3.8) is 0 Å². The minimum atomic E-state index is -1.05. The Kier molecular flexibility index (Phi) is 1.31. The molecule has 64 valence electrons. The molecule has 1 aliphatic heterocycles. The van der Waals surface area contributed by atoms with Crippen LogP contribution in [0.1, 0.15) is 0 Å². The molecule has 1 heterocycles. The van der Waals surface area contributed by atoms with Crippen LogP contribution in [0.2, 0.25) is 0 Å². The molecule has 0 spiro atoms. The van der Waals surface area contributed by atoms with Gasteiger partial charge in [-0.3, -0.25) is 0 Å². The molecule has 5 nitrogen and oxygen atoms in total. The normalized spacial score (nSPS) is 61.1. The van der Waals surface area contributed by atoms with Gasteiger partial charge in [0.2, 0.25) is 0 Å². The predicted molar refractivity (Wildman–Crippen MR) is 34.7 cm³/mol.